The molecule has 8 nitrogen and oxygen atoms in total. The largest absolute Gasteiger partial charge is 0.390 e. The Morgan fingerprint density at radius 1 is 1.22 bits per heavy atom. The minimum atomic E-state index is -0.869. The van der Waals surface area contributed by atoms with Crippen molar-refractivity contribution < 1.29 is 18.9 Å². The molecule has 2 saturated carbocycles. The Balaban J connectivity index is 1.67. The van der Waals surface area contributed by atoms with E-state index in [-0.39, 0.29) is 12.0 Å². The molecule has 6 atom stereocenters. The summed E-state index contributed by atoms with van der Waals surface area (Å²) in [6.45, 7) is 5.23. The lowest BCUT2D eigenvalue weighted by Gasteiger charge is -2.22. The van der Waals surface area contributed by atoms with Crippen molar-refractivity contribution in [2.75, 3.05) is 20.3 Å². The summed E-state index contributed by atoms with van der Waals surface area (Å²) < 4.78 is 18.5. The Morgan fingerprint density at radius 3 is 2.52 bits per heavy atom. The zero-order chi connectivity index (χ0) is 19.6. The van der Waals surface area contributed by atoms with Crippen molar-refractivity contribution in [3.05, 3.63) is 33.1 Å². The van der Waals surface area contributed by atoms with Gasteiger partial charge in [0.1, 0.15) is 6.10 Å². The maximum atomic E-state index is 12.2. The van der Waals surface area contributed by atoms with Crippen molar-refractivity contribution >= 4 is 8.38 Å². The van der Waals surface area contributed by atoms with Crippen LogP contribution in [0.4, 0.5) is 0 Å². The number of aromatic amines is 1. The molecule has 0 spiro atoms. The summed E-state index contributed by atoms with van der Waals surface area (Å²) in [5.74, 6) is 0.506. The molecule has 6 unspecified atom stereocenters. The van der Waals surface area contributed by atoms with Crippen LogP contribution in [0, 0.1) is 11.8 Å². The number of ether oxygens (including phenoxy) is 1. The number of hydrogen-bond donors (Lipinski definition) is 2. The predicted molar refractivity (Wildman–Crippen MR) is 102 cm³/mol. The number of methoxy groups -OCH3 is 1. The van der Waals surface area contributed by atoms with E-state index in [4.69, 9.17) is 13.8 Å². The Bertz CT molecular complexity index is 731. The number of aliphatic hydroxyl groups excluding tert-OH is 1. The molecule has 152 valence electrons. The van der Waals surface area contributed by atoms with Gasteiger partial charge in [0.2, 0.25) is 0 Å². The molecule has 1 aromatic heterocycles. The first kappa shape index (κ1) is 20.7. The second-order valence-electron chi connectivity index (χ2n) is 7.19. The van der Waals surface area contributed by atoms with E-state index in [1.165, 1.54) is 16.8 Å². The second-order valence-corrected chi connectivity index (χ2v) is 8.94. The molecular weight excluding hydrogens is 371 g/mol. The monoisotopic (exact) mass is 400 g/mol. The number of nitrogens with zero attached hydrogens (tertiary/aromatic N) is 1. The second kappa shape index (κ2) is 8.97. The molecule has 0 bridgehead atoms. The third kappa shape index (κ3) is 4.51. The van der Waals surface area contributed by atoms with Gasteiger partial charge >= 0.3 is 5.69 Å². The molecule has 0 aliphatic heterocycles. The lowest BCUT2D eigenvalue weighted by atomic mass is 9.98. The first-order valence-corrected chi connectivity index (χ1v) is 10.8. The van der Waals surface area contributed by atoms with E-state index in [1.807, 2.05) is 13.8 Å². The Hall–Kier alpha value is -1.05. The van der Waals surface area contributed by atoms with E-state index < -0.39 is 31.8 Å². The molecule has 2 aliphatic rings. The molecule has 0 aromatic carbocycles. The minimum absolute atomic E-state index is 0.0360. The van der Waals surface area contributed by atoms with Gasteiger partial charge in [0, 0.05) is 25.0 Å². The van der Waals surface area contributed by atoms with Crippen molar-refractivity contribution in [3.63, 3.8) is 0 Å². The molecule has 2 N–H and O–H groups in total. The summed E-state index contributed by atoms with van der Waals surface area (Å²) in [6.07, 6.45) is 2.91. The molecule has 1 heterocycles. The van der Waals surface area contributed by atoms with Gasteiger partial charge in [-0.15, -0.1) is 0 Å². The molecule has 3 rings (SSSR count). The first-order chi connectivity index (χ1) is 13.0. The summed E-state index contributed by atoms with van der Waals surface area (Å²) in [4.78, 5) is 25.8. The van der Waals surface area contributed by atoms with Crippen LogP contribution in [0.25, 0.3) is 0 Å². The van der Waals surface area contributed by atoms with Crippen molar-refractivity contribution in [2.24, 2.45) is 11.8 Å². The van der Waals surface area contributed by atoms with Crippen molar-refractivity contribution in [1.82, 2.24) is 9.55 Å². The fourth-order valence-corrected chi connectivity index (χ4v) is 6.06. The fraction of sp³-hybridized carbons (Fsp3) is 0.778. The van der Waals surface area contributed by atoms with Crippen LogP contribution >= 0.6 is 8.38 Å². The summed E-state index contributed by atoms with van der Waals surface area (Å²) in [5.41, 5.74) is -0.479. The third-order valence-electron chi connectivity index (χ3n) is 5.50. The first-order valence-electron chi connectivity index (χ1n) is 9.57. The number of hydrogen-bond acceptors (Lipinski definition) is 6. The van der Waals surface area contributed by atoms with Gasteiger partial charge in [-0.25, -0.2) is 4.79 Å². The van der Waals surface area contributed by atoms with Crippen LogP contribution in [0.3, 0.4) is 0 Å². The van der Waals surface area contributed by atoms with Crippen LogP contribution in [0.2, 0.25) is 0 Å². The highest BCUT2D eigenvalue weighted by Crippen LogP contribution is 2.61. The molecule has 0 saturated heterocycles. The number of H-pyrrole nitrogens is 1. The van der Waals surface area contributed by atoms with Crippen LogP contribution in [-0.2, 0) is 13.8 Å². The molecule has 1 aromatic rings. The van der Waals surface area contributed by atoms with Crippen molar-refractivity contribution in [3.8, 4) is 0 Å². The molecule has 2 fully saturated rings. The molecule has 9 heteroatoms. The SMILES string of the molecule is CCOP(OCC)C1CC1CC1CC(n2ccc(=O)[nH]c2=O)C(OC)C1O. The zero-order valence-electron chi connectivity index (χ0n) is 16.0. The summed E-state index contributed by atoms with van der Waals surface area (Å²) in [6, 6.07) is 1.03. The highest BCUT2D eigenvalue weighted by atomic mass is 31.2. The summed E-state index contributed by atoms with van der Waals surface area (Å²) in [7, 11) is 0.676. The third-order valence-corrected chi connectivity index (χ3v) is 7.70. The maximum Gasteiger partial charge on any atom is 0.328 e. The van der Waals surface area contributed by atoms with E-state index in [2.05, 4.69) is 4.98 Å². The normalized spacial score (nSPS) is 32.9. The number of nitrogens with one attached hydrogen (secondary N) is 1. The number of aliphatic hydroxyl groups is 1. The topological polar surface area (TPSA) is 103 Å². The average Bonchev–Trinajstić information content (AvgIpc) is 3.32. The average molecular weight is 400 g/mol. The Labute approximate surface area is 159 Å². The van der Waals surface area contributed by atoms with Gasteiger partial charge in [-0.1, -0.05) is 0 Å². The standard InChI is InChI=1S/C18H29N2O6P/c1-4-25-27(26-5-2)14-10-11(14)8-12-9-13(17(24-3)16(12)22)20-7-6-15(21)19-18(20)23/h6-7,11-14,16-17,22H,4-5,8-10H2,1-3H3,(H,19,21,23). The van der Waals surface area contributed by atoms with Crippen LogP contribution < -0.4 is 11.2 Å². The highest BCUT2D eigenvalue weighted by Gasteiger charge is 2.51. The van der Waals surface area contributed by atoms with E-state index in [0.29, 0.717) is 31.2 Å². The summed E-state index contributed by atoms with van der Waals surface area (Å²) in [5, 5.41) is 10.8. The van der Waals surface area contributed by atoms with Gasteiger partial charge in [0.25, 0.3) is 5.56 Å². The maximum absolute atomic E-state index is 12.2. The van der Waals surface area contributed by atoms with Gasteiger partial charge in [0.05, 0.1) is 25.4 Å². The predicted octanol–water partition coefficient (Wildman–Crippen LogP) is 1.64. The van der Waals surface area contributed by atoms with E-state index >= 15 is 0 Å². The quantitative estimate of drug-likeness (QED) is 0.611. The smallest absolute Gasteiger partial charge is 0.328 e. The molecule has 2 aliphatic carbocycles. The van der Waals surface area contributed by atoms with Crippen LogP contribution in [0.5, 0.6) is 0 Å². The lowest BCUT2D eigenvalue weighted by molar-refractivity contribution is -0.0250. The minimum Gasteiger partial charge on any atom is -0.390 e. The lowest BCUT2D eigenvalue weighted by Crippen LogP contribution is -2.38. The van der Waals surface area contributed by atoms with E-state index in [1.54, 1.807) is 7.11 Å². The fourth-order valence-electron chi connectivity index (χ4n) is 4.19. The van der Waals surface area contributed by atoms with Gasteiger partial charge in [-0.05, 0) is 44.9 Å². The van der Waals surface area contributed by atoms with Crippen molar-refractivity contribution in [1.29, 1.82) is 0 Å². The van der Waals surface area contributed by atoms with Gasteiger partial charge in [0.15, 0.2) is 8.38 Å². The van der Waals surface area contributed by atoms with Crippen LogP contribution in [-0.4, -0.2) is 52.8 Å². The Kier molecular flexibility index (Phi) is 6.87. The Morgan fingerprint density at radius 2 is 1.93 bits per heavy atom. The summed E-state index contributed by atoms with van der Waals surface area (Å²) >= 11 is 0. The molecule has 0 amide bonds. The molecule has 0 radical (unpaired) electrons. The molecule has 27 heavy (non-hydrogen) atoms. The van der Waals surface area contributed by atoms with E-state index in [9.17, 15) is 14.7 Å². The van der Waals surface area contributed by atoms with E-state index in [0.717, 1.165) is 12.8 Å². The van der Waals surface area contributed by atoms with Gasteiger partial charge in [-0.2, -0.15) is 0 Å². The van der Waals surface area contributed by atoms with Crippen molar-refractivity contribution in [2.45, 2.75) is 57.0 Å². The van der Waals surface area contributed by atoms with Gasteiger partial charge < -0.3 is 18.9 Å². The zero-order valence-corrected chi connectivity index (χ0v) is 16.9. The number of rotatable bonds is 9. The molecular formula is C18H29N2O6P. The number of aromatic nitrogens is 2. The van der Waals surface area contributed by atoms with Gasteiger partial charge in [-0.3, -0.25) is 14.3 Å². The van der Waals surface area contributed by atoms with Crippen LogP contribution in [0.1, 0.15) is 39.2 Å². The highest BCUT2D eigenvalue weighted by molar-refractivity contribution is 7.48. The van der Waals surface area contributed by atoms with Crippen LogP contribution in [0.15, 0.2) is 21.9 Å².